The van der Waals surface area contributed by atoms with Crippen molar-refractivity contribution in [3.8, 4) is 0 Å². The molecule has 6 heteroatoms. The van der Waals surface area contributed by atoms with Crippen LogP contribution in [0.2, 0.25) is 0 Å². The van der Waals surface area contributed by atoms with E-state index < -0.39 is 5.97 Å². The van der Waals surface area contributed by atoms with Crippen LogP contribution >= 0.6 is 0 Å². The lowest BCUT2D eigenvalue weighted by molar-refractivity contribution is -0.141. The molecule has 0 atom stereocenters. The molecule has 0 spiro atoms. The smallest absolute Gasteiger partial charge is 0.325 e. The van der Waals surface area contributed by atoms with Gasteiger partial charge in [-0.3, -0.25) is 9.59 Å². The van der Waals surface area contributed by atoms with Gasteiger partial charge in [-0.2, -0.15) is 10.2 Å². The summed E-state index contributed by atoms with van der Waals surface area (Å²) in [6.07, 6.45) is 0.964. The second kappa shape index (κ2) is 4.54. The predicted octanol–water partition coefficient (Wildman–Crippen LogP) is -0.152. The summed E-state index contributed by atoms with van der Waals surface area (Å²) in [7, 11) is 1.27. The third kappa shape index (κ3) is 4.19. The van der Waals surface area contributed by atoms with Crippen LogP contribution in [0.5, 0.6) is 0 Å². The van der Waals surface area contributed by atoms with Crippen molar-refractivity contribution in [2.24, 2.45) is 10.2 Å². The lowest BCUT2D eigenvalue weighted by atomic mass is 10.3. The van der Waals surface area contributed by atoms with Crippen LogP contribution in [0, 0.1) is 0 Å². The molecule has 1 amide bonds. The zero-order valence-electron chi connectivity index (χ0n) is 7.32. The number of methoxy groups -OCH3 is 1. The fraction of sp³-hybridized carbons (Fsp3) is 0.714. The summed E-state index contributed by atoms with van der Waals surface area (Å²) in [5.41, 5.74) is 0. The summed E-state index contributed by atoms with van der Waals surface area (Å²) in [6, 6.07) is 0. The van der Waals surface area contributed by atoms with Crippen LogP contribution in [0.4, 0.5) is 0 Å². The Morgan fingerprint density at radius 2 is 2.15 bits per heavy atom. The Morgan fingerprint density at radius 3 is 2.69 bits per heavy atom. The maximum atomic E-state index is 11.0. The van der Waals surface area contributed by atoms with Crippen LogP contribution in [0.1, 0.15) is 12.8 Å². The number of amides is 1. The zero-order valence-corrected chi connectivity index (χ0v) is 7.32. The molecular formula is C7H11N3O3. The number of carbonyl (C=O) groups is 2. The zero-order chi connectivity index (χ0) is 9.68. The van der Waals surface area contributed by atoms with E-state index in [1.165, 1.54) is 7.11 Å². The van der Waals surface area contributed by atoms with Gasteiger partial charge in [0, 0.05) is 12.8 Å². The summed E-state index contributed by atoms with van der Waals surface area (Å²) >= 11 is 0. The fourth-order valence-electron chi connectivity index (χ4n) is 0.754. The van der Waals surface area contributed by atoms with E-state index in [1.54, 1.807) is 0 Å². The second-order valence-electron chi connectivity index (χ2n) is 2.60. The highest BCUT2D eigenvalue weighted by Gasteiger charge is 2.16. The Bertz CT molecular complexity index is 233. The number of carbonyl (C=O) groups excluding carboxylic acids is 2. The first-order chi connectivity index (χ1) is 6.22. The average Bonchev–Trinajstić information content (AvgIpc) is 2.94. The van der Waals surface area contributed by atoms with Crippen molar-refractivity contribution in [2.45, 2.75) is 19.0 Å². The van der Waals surface area contributed by atoms with Gasteiger partial charge in [-0.1, -0.05) is 0 Å². The molecule has 13 heavy (non-hydrogen) atoms. The van der Waals surface area contributed by atoms with Gasteiger partial charge < -0.3 is 10.1 Å². The number of hydrogen-bond acceptors (Lipinski definition) is 5. The number of esters is 1. The molecule has 0 radical (unpaired) electrons. The van der Waals surface area contributed by atoms with Gasteiger partial charge in [0.05, 0.1) is 7.11 Å². The Kier molecular flexibility index (Phi) is 3.36. The van der Waals surface area contributed by atoms with Crippen molar-refractivity contribution in [3.63, 3.8) is 0 Å². The third-order valence-electron chi connectivity index (χ3n) is 1.57. The van der Waals surface area contributed by atoms with Crippen LogP contribution in [0.15, 0.2) is 10.2 Å². The average molecular weight is 185 g/mol. The number of nitrogens with one attached hydrogen (secondary N) is 1. The van der Waals surface area contributed by atoms with Gasteiger partial charge in [-0.25, -0.2) is 0 Å². The van der Waals surface area contributed by atoms with Gasteiger partial charge in [0.15, 0.2) is 6.17 Å². The first-order valence-electron chi connectivity index (χ1n) is 3.96. The van der Waals surface area contributed by atoms with E-state index in [0.717, 1.165) is 0 Å². The Hall–Kier alpha value is -1.46. The van der Waals surface area contributed by atoms with E-state index >= 15 is 0 Å². The molecule has 1 aliphatic rings. The van der Waals surface area contributed by atoms with Crippen molar-refractivity contribution >= 4 is 11.9 Å². The Morgan fingerprint density at radius 1 is 1.46 bits per heavy atom. The molecule has 0 bridgehead atoms. The van der Waals surface area contributed by atoms with Gasteiger partial charge in [0.2, 0.25) is 5.91 Å². The summed E-state index contributed by atoms with van der Waals surface area (Å²) in [5.74, 6) is -0.628. The van der Waals surface area contributed by atoms with Crippen LogP contribution < -0.4 is 5.32 Å². The van der Waals surface area contributed by atoms with E-state index in [9.17, 15) is 9.59 Å². The topological polar surface area (TPSA) is 80.1 Å². The van der Waals surface area contributed by atoms with Crippen LogP contribution in [0.3, 0.4) is 0 Å². The second-order valence-corrected chi connectivity index (χ2v) is 2.60. The SMILES string of the molecule is COC(=O)CNC(=O)CCC1N=N1. The molecule has 1 aliphatic heterocycles. The van der Waals surface area contributed by atoms with Gasteiger partial charge in [-0.15, -0.1) is 0 Å². The Labute approximate surface area is 75.4 Å². The molecule has 0 unspecified atom stereocenters. The third-order valence-corrected chi connectivity index (χ3v) is 1.57. The lowest BCUT2D eigenvalue weighted by Gasteiger charge is -2.01. The normalized spacial score (nSPS) is 13.9. The minimum Gasteiger partial charge on any atom is -0.468 e. The van der Waals surface area contributed by atoms with Gasteiger partial charge in [0.25, 0.3) is 0 Å². The van der Waals surface area contributed by atoms with E-state index in [4.69, 9.17) is 0 Å². The van der Waals surface area contributed by atoms with E-state index in [1.807, 2.05) is 0 Å². The van der Waals surface area contributed by atoms with Crippen LogP contribution in [0.25, 0.3) is 0 Å². The molecule has 72 valence electrons. The van der Waals surface area contributed by atoms with E-state index in [2.05, 4.69) is 20.3 Å². The number of nitrogens with zero attached hydrogens (tertiary/aromatic N) is 2. The summed E-state index contributed by atoms with van der Waals surface area (Å²) in [6.45, 7) is -0.0751. The molecule has 0 saturated heterocycles. The quantitative estimate of drug-likeness (QED) is 0.605. The number of rotatable bonds is 5. The maximum Gasteiger partial charge on any atom is 0.325 e. The van der Waals surface area contributed by atoms with Crippen molar-refractivity contribution in [2.75, 3.05) is 13.7 Å². The molecule has 1 N–H and O–H groups in total. The predicted molar refractivity (Wildman–Crippen MR) is 42.9 cm³/mol. The standard InChI is InChI=1S/C7H11N3O3/c1-13-7(12)4-8-6(11)3-2-5-9-10-5/h5H,2-4H2,1H3,(H,8,11). The molecule has 0 aromatic heterocycles. The fourth-order valence-corrected chi connectivity index (χ4v) is 0.754. The van der Waals surface area contributed by atoms with Crippen LogP contribution in [-0.2, 0) is 14.3 Å². The molecule has 0 saturated carbocycles. The molecule has 6 nitrogen and oxygen atoms in total. The highest BCUT2D eigenvalue weighted by Crippen LogP contribution is 2.15. The molecule has 0 aromatic rings. The van der Waals surface area contributed by atoms with E-state index in [0.29, 0.717) is 12.8 Å². The van der Waals surface area contributed by atoms with Crippen molar-refractivity contribution in [1.82, 2.24) is 5.32 Å². The van der Waals surface area contributed by atoms with Gasteiger partial charge in [0.1, 0.15) is 6.54 Å². The summed E-state index contributed by atoms with van der Waals surface area (Å²) in [5, 5.41) is 9.70. The first kappa shape index (κ1) is 9.63. The minimum absolute atomic E-state index is 0.00359. The molecular weight excluding hydrogens is 174 g/mol. The molecule has 0 aromatic carbocycles. The Balaban J connectivity index is 1.99. The molecule has 0 aliphatic carbocycles. The van der Waals surface area contributed by atoms with Crippen molar-refractivity contribution in [3.05, 3.63) is 0 Å². The number of ether oxygens (including phenoxy) is 1. The van der Waals surface area contributed by atoms with Crippen molar-refractivity contribution < 1.29 is 14.3 Å². The van der Waals surface area contributed by atoms with Crippen LogP contribution in [-0.4, -0.2) is 31.7 Å². The maximum absolute atomic E-state index is 11.0. The molecule has 1 heterocycles. The highest BCUT2D eigenvalue weighted by molar-refractivity contribution is 5.81. The monoisotopic (exact) mass is 185 g/mol. The van der Waals surface area contributed by atoms with Gasteiger partial charge in [-0.05, 0) is 0 Å². The van der Waals surface area contributed by atoms with Gasteiger partial charge >= 0.3 is 5.97 Å². The largest absolute Gasteiger partial charge is 0.468 e. The lowest BCUT2D eigenvalue weighted by Crippen LogP contribution is -2.30. The summed E-state index contributed by atoms with van der Waals surface area (Å²) in [4.78, 5) is 21.6. The molecule has 1 rings (SSSR count). The highest BCUT2D eigenvalue weighted by atomic mass is 16.5. The number of hydrogen-bond donors (Lipinski definition) is 1. The first-order valence-corrected chi connectivity index (χ1v) is 3.96. The van der Waals surface area contributed by atoms with Crippen molar-refractivity contribution in [1.29, 1.82) is 0 Å². The summed E-state index contributed by atoms with van der Waals surface area (Å²) < 4.78 is 4.35. The minimum atomic E-state index is -0.450. The molecule has 0 fully saturated rings. The van der Waals surface area contributed by atoms with E-state index in [-0.39, 0.29) is 18.6 Å².